The van der Waals surface area contributed by atoms with Crippen molar-refractivity contribution < 1.29 is 14.6 Å². The van der Waals surface area contributed by atoms with Gasteiger partial charge < -0.3 is 9.84 Å². The highest BCUT2D eigenvalue weighted by Gasteiger charge is 2.13. The molecule has 19 heavy (non-hydrogen) atoms. The quantitative estimate of drug-likeness (QED) is 0.884. The van der Waals surface area contributed by atoms with Crippen LogP contribution >= 0.6 is 0 Å². The number of pyridine rings is 1. The van der Waals surface area contributed by atoms with Crippen molar-refractivity contribution in [3.05, 3.63) is 53.7 Å². The summed E-state index contributed by atoms with van der Waals surface area (Å²) < 4.78 is 5.09. The Kier molecular flexibility index (Phi) is 3.97. The van der Waals surface area contributed by atoms with Crippen molar-refractivity contribution in [1.29, 1.82) is 0 Å². The van der Waals surface area contributed by atoms with Gasteiger partial charge in [0.1, 0.15) is 5.69 Å². The highest BCUT2D eigenvalue weighted by atomic mass is 16.5. The van der Waals surface area contributed by atoms with Gasteiger partial charge in [-0.1, -0.05) is 30.3 Å². The Morgan fingerprint density at radius 2 is 2.05 bits per heavy atom. The number of amides is 1. The van der Waals surface area contributed by atoms with E-state index >= 15 is 0 Å². The van der Waals surface area contributed by atoms with Crippen LogP contribution < -0.4 is 10.1 Å². The van der Waals surface area contributed by atoms with Gasteiger partial charge in [-0.05, 0) is 23.6 Å². The lowest BCUT2D eigenvalue weighted by Crippen LogP contribution is -2.11. The first-order valence-corrected chi connectivity index (χ1v) is 5.76. The number of nitrogens with zero attached hydrogens (tertiary/aromatic N) is 1. The first kappa shape index (κ1) is 12.9. The Hall–Kier alpha value is -2.56. The molecular weight excluding hydrogens is 244 g/mol. The van der Waals surface area contributed by atoms with Crippen LogP contribution in [0.4, 0.5) is 10.5 Å². The van der Waals surface area contributed by atoms with Crippen molar-refractivity contribution in [2.75, 3.05) is 12.4 Å². The largest absolute Gasteiger partial charge is 0.480 e. The first-order chi connectivity index (χ1) is 9.20. The van der Waals surface area contributed by atoms with Gasteiger partial charge in [-0.2, -0.15) is 0 Å². The topological polar surface area (TPSA) is 71.5 Å². The summed E-state index contributed by atoms with van der Waals surface area (Å²) in [5, 5.41) is 11.2. The van der Waals surface area contributed by atoms with Crippen LogP contribution in [-0.2, 0) is 6.42 Å². The molecule has 0 saturated heterocycles. The molecule has 1 heterocycles. The molecule has 0 unspecified atom stereocenters. The van der Waals surface area contributed by atoms with Crippen LogP contribution in [0, 0.1) is 0 Å². The fourth-order valence-corrected chi connectivity index (χ4v) is 1.84. The van der Waals surface area contributed by atoms with Gasteiger partial charge >= 0.3 is 6.09 Å². The van der Waals surface area contributed by atoms with Crippen LogP contribution in [0.2, 0.25) is 0 Å². The second-order valence-electron chi connectivity index (χ2n) is 3.95. The number of methoxy groups -OCH3 is 1. The van der Waals surface area contributed by atoms with E-state index in [1.165, 1.54) is 7.11 Å². The second kappa shape index (κ2) is 5.86. The summed E-state index contributed by atoms with van der Waals surface area (Å²) in [6.07, 6.45) is 1.07. The van der Waals surface area contributed by atoms with Crippen LogP contribution in [0.25, 0.3) is 0 Å². The number of benzene rings is 1. The fraction of sp³-hybridized carbons (Fsp3) is 0.143. The minimum atomic E-state index is -1.14. The maximum atomic E-state index is 10.8. The number of hydrogen-bond acceptors (Lipinski definition) is 3. The normalized spacial score (nSPS) is 9.95. The van der Waals surface area contributed by atoms with Crippen molar-refractivity contribution in [2.24, 2.45) is 0 Å². The maximum absolute atomic E-state index is 10.8. The lowest BCUT2D eigenvalue weighted by Gasteiger charge is -2.12. The Bertz CT molecular complexity index is 570. The highest BCUT2D eigenvalue weighted by Crippen LogP contribution is 2.27. The third-order valence-electron chi connectivity index (χ3n) is 2.67. The molecule has 1 aromatic heterocycles. The van der Waals surface area contributed by atoms with Crippen molar-refractivity contribution in [2.45, 2.75) is 6.42 Å². The number of aromatic nitrogens is 1. The van der Waals surface area contributed by atoms with E-state index in [9.17, 15) is 4.79 Å². The Morgan fingerprint density at radius 3 is 2.68 bits per heavy atom. The lowest BCUT2D eigenvalue weighted by atomic mass is 10.0. The van der Waals surface area contributed by atoms with Gasteiger partial charge in [-0.25, -0.2) is 9.78 Å². The first-order valence-electron chi connectivity index (χ1n) is 5.76. The van der Waals surface area contributed by atoms with Gasteiger partial charge in [0.05, 0.1) is 7.11 Å². The Balaban J connectivity index is 2.36. The molecule has 0 bridgehead atoms. The minimum Gasteiger partial charge on any atom is -0.480 e. The number of carbonyl (C=O) groups is 1. The molecule has 1 aromatic carbocycles. The average molecular weight is 258 g/mol. The van der Waals surface area contributed by atoms with E-state index < -0.39 is 6.09 Å². The predicted octanol–water partition coefficient (Wildman–Crippen LogP) is 2.77. The number of carboxylic acid groups (broad SMARTS) is 1. The van der Waals surface area contributed by atoms with Crippen LogP contribution in [0.1, 0.15) is 11.1 Å². The smallest absolute Gasteiger partial charge is 0.409 e. The monoisotopic (exact) mass is 258 g/mol. The van der Waals surface area contributed by atoms with Crippen molar-refractivity contribution >= 4 is 11.8 Å². The molecule has 0 spiro atoms. The van der Waals surface area contributed by atoms with E-state index in [4.69, 9.17) is 9.84 Å². The van der Waals surface area contributed by atoms with Crippen LogP contribution in [0.15, 0.2) is 42.6 Å². The molecule has 0 aliphatic heterocycles. The lowest BCUT2D eigenvalue weighted by molar-refractivity contribution is 0.209. The molecule has 0 aliphatic carbocycles. The third-order valence-corrected chi connectivity index (χ3v) is 2.67. The average Bonchev–Trinajstić information content (AvgIpc) is 2.41. The van der Waals surface area contributed by atoms with E-state index in [0.29, 0.717) is 12.1 Å². The van der Waals surface area contributed by atoms with E-state index in [1.54, 1.807) is 12.3 Å². The zero-order valence-electron chi connectivity index (χ0n) is 10.5. The number of ether oxygens (including phenoxy) is 1. The van der Waals surface area contributed by atoms with E-state index in [0.717, 1.165) is 11.1 Å². The number of hydrogen-bond donors (Lipinski definition) is 2. The standard InChI is InChI=1S/C14H14N2O3/c1-19-13-12(16-14(17)18)11(7-8-15-13)9-10-5-3-2-4-6-10/h2-8,16H,9H2,1H3,(H,17,18). The van der Waals surface area contributed by atoms with Gasteiger partial charge in [0.25, 0.3) is 0 Å². The summed E-state index contributed by atoms with van der Waals surface area (Å²) in [5.74, 6) is 0.274. The van der Waals surface area contributed by atoms with E-state index in [2.05, 4.69) is 10.3 Å². The van der Waals surface area contributed by atoms with Gasteiger partial charge in [-0.3, -0.25) is 5.32 Å². The number of anilines is 1. The van der Waals surface area contributed by atoms with Gasteiger partial charge in [-0.15, -0.1) is 0 Å². The molecule has 0 radical (unpaired) electrons. The Morgan fingerprint density at radius 1 is 1.32 bits per heavy atom. The summed E-state index contributed by atoms with van der Waals surface area (Å²) in [5.41, 5.74) is 2.30. The number of rotatable bonds is 4. The van der Waals surface area contributed by atoms with Gasteiger partial charge in [0.15, 0.2) is 0 Å². The molecule has 2 aromatic rings. The zero-order valence-corrected chi connectivity index (χ0v) is 10.5. The highest BCUT2D eigenvalue weighted by molar-refractivity contribution is 5.86. The van der Waals surface area contributed by atoms with E-state index in [1.807, 2.05) is 30.3 Å². The molecular formula is C14H14N2O3. The van der Waals surface area contributed by atoms with Gasteiger partial charge in [0, 0.05) is 6.20 Å². The summed E-state index contributed by atoms with van der Waals surface area (Å²) >= 11 is 0. The van der Waals surface area contributed by atoms with Crippen LogP contribution in [0.5, 0.6) is 5.88 Å². The van der Waals surface area contributed by atoms with Crippen molar-refractivity contribution in [3.63, 3.8) is 0 Å². The molecule has 5 nitrogen and oxygen atoms in total. The predicted molar refractivity (Wildman–Crippen MR) is 71.7 cm³/mol. The minimum absolute atomic E-state index is 0.274. The maximum Gasteiger partial charge on any atom is 0.409 e. The van der Waals surface area contributed by atoms with Crippen LogP contribution in [0.3, 0.4) is 0 Å². The summed E-state index contributed by atoms with van der Waals surface area (Å²) in [6.45, 7) is 0. The molecule has 0 atom stereocenters. The molecule has 98 valence electrons. The SMILES string of the molecule is COc1nccc(Cc2ccccc2)c1NC(=O)O. The molecule has 1 amide bonds. The molecule has 0 fully saturated rings. The molecule has 0 saturated carbocycles. The molecule has 5 heteroatoms. The van der Waals surface area contributed by atoms with Crippen molar-refractivity contribution in [3.8, 4) is 5.88 Å². The zero-order chi connectivity index (χ0) is 13.7. The number of nitrogens with one attached hydrogen (secondary N) is 1. The van der Waals surface area contributed by atoms with Crippen molar-refractivity contribution in [1.82, 2.24) is 4.98 Å². The fourth-order valence-electron chi connectivity index (χ4n) is 1.84. The third kappa shape index (κ3) is 3.22. The summed E-state index contributed by atoms with van der Waals surface area (Å²) in [4.78, 5) is 14.9. The second-order valence-corrected chi connectivity index (χ2v) is 3.95. The van der Waals surface area contributed by atoms with E-state index in [-0.39, 0.29) is 5.88 Å². The van der Waals surface area contributed by atoms with Crippen LogP contribution in [-0.4, -0.2) is 23.3 Å². The Labute approximate surface area is 110 Å². The van der Waals surface area contributed by atoms with Gasteiger partial charge in [0.2, 0.25) is 5.88 Å². The summed E-state index contributed by atoms with van der Waals surface area (Å²) in [6, 6.07) is 11.6. The summed E-state index contributed by atoms with van der Waals surface area (Å²) in [7, 11) is 1.46. The molecule has 2 rings (SSSR count). The molecule has 0 aliphatic rings. The molecule has 2 N–H and O–H groups in total.